The predicted octanol–water partition coefficient (Wildman–Crippen LogP) is 2.17. The number of Topliss-reactive ketones (excluding diaryl/α,β-unsaturated/α-hetero) is 1. The maximum absolute atomic E-state index is 12.7. The second-order valence-corrected chi connectivity index (χ2v) is 8.35. The number of allylic oxidation sites excluding steroid dienone is 3. The van der Waals surface area contributed by atoms with Crippen LogP contribution in [0.3, 0.4) is 0 Å². The van der Waals surface area contributed by atoms with Crippen LogP contribution < -0.4 is 5.32 Å². The second-order valence-electron chi connectivity index (χ2n) is 8.35. The third kappa shape index (κ3) is 6.28. The highest BCUT2D eigenvalue weighted by Gasteiger charge is 2.26. The van der Waals surface area contributed by atoms with Crippen LogP contribution in [-0.2, 0) is 25.7 Å². The van der Waals surface area contributed by atoms with Crippen molar-refractivity contribution in [1.29, 1.82) is 0 Å². The van der Waals surface area contributed by atoms with Crippen LogP contribution in [0.25, 0.3) is 0 Å². The summed E-state index contributed by atoms with van der Waals surface area (Å²) in [7, 11) is 0. The van der Waals surface area contributed by atoms with E-state index < -0.39 is 12.1 Å². The van der Waals surface area contributed by atoms with Crippen molar-refractivity contribution in [1.82, 2.24) is 10.2 Å². The van der Waals surface area contributed by atoms with Crippen LogP contribution in [0.1, 0.15) is 47.0 Å². The van der Waals surface area contributed by atoms with Gasteiger partial charge in [-0.2, -0.15) is 0 Å². The summed E-state index contributed by atoms with van der Waals surface area (Å²) in [5.74, 6) is -0.823. The zero-order valence-corrected chi connectivity index (χ0v) is 19.9. The first kappa shape index (κ1) is 25.6. The van der Waals surface area contributed by atoms with Crippen molar-refractivity contribution in [3.8, 4) is 0 Å². The lowest BCUT2D eigenvalue weighted by molar-refractivity contribution is -0.136. The SMILES string of the molecule is CCN(CCNCC(=O)C1=C/C=C/C(=O)OC\C=C\1C)C[C@@H](O)c1ccc2c(c1C)COC2=O. The van der Waals surface area contributed by atoms with E-state index in [1.54, 1.807) is 24.3 Å². The normalized spacial score (nSPS) is 20.6. The highest BCUT2D eigenvalue weighted by molar-refractivity contribution is 6.01. The molecule has 1 aromatic carbocycles. The van der Waals surface area contributed by atoms with Gasteiger partial charge in [-0.3, -0.25) is 9.69 Å². The Kier molecular flexibility index (Phi) is 8.92. The Morgan fingerprint density at radius 3 is 2.79 bits per heavy atom. The van der Waals surface area contributed by atoms with Crippen LogP contribution in [0.15, 0.2) is 47.6 Å². The van der Waals surface area contributed by atoms with Crippen LogP contribution in [0.2, 0.25) is 0 Å². The summed E-state index contributed by atoms with van der Waals surface area (Å²) in [6, 6.07) is 3.52. The molecule has 0 aliphatic carbocycles. The zero-order chi connectivity index (χ0) is 24.7. The van der Waals surface area contributed by atoms with Gasteiger partial charge in [-0.05, 0) is 49.2 Å². The molecular weight excluding hydrogens is 436 g/mol. The Morgan fingerprint density at radius 1 is 1.24 bits per heavy atom. The Balaban J connectivity index is 1.51. The van der Waals surface area contributed by atoms with Gasteiger partial charge < -0.3 is 19.9 Å². The molecule has 2 aliphatic heterocycles. The van der Waals surface area contributed by atoms with E-state index in [0.717, 1.165) is 28.8 Å². The predicted molar refractivity (Wildman–Crippen MR) is 127 cm³/mol. The minimum atomic E-state index is -0.698. The van der Waals surface area contributed by atoms with Gasteiger partial charge in [0.2, 0.25) is 0 Å². The first-order valence-corrected chi connectivity index (χ1v) is 11.5. The molecule has 1 aromatic rings. The van der Waals surface area contributed by atoms with Gasteiger partial charge in [0.05, 0.1) is 18.2 Å². The number of cyclic esters (lactones) is 2. The fourth-order valence-corrected chi connectivity index (χ4v) is 4.06. The summed E-state index contributed by atoms with van der Waals surface area (Å²) in [5, 5.41) is 14.0. The number of hydrogen-bond donors (Lipinski definition) is 2. The van der Waals surface area contributed by atoms with E-state index in [2.05, 4.69) is 10.2 Å². The lowest BCUT2D eigenvalue weighted by Gasteiger charge is -2.25. The van der Waals surface area contributed by atoms with Crippen LogP contribution in [0, 0.1) is 6.92 Å². The molecule has 8 heteroatoms. The number of nitrogens with one attached hydrogen (secondary N) is 1. The molecule has 2 N–H and O–H groups in total. The fraction of sp³-hybridized carbons (Fsp3) is 0.423. The van der Waals surface area contributed by atoms with Crippen molar-refractivity contribution >= 4 is 17.7 Å². The smallest absolute Gasteiger partial charge is 0.338 e. The van der Waals surface area contributed by atoms with Gasteiger partial charge >= 0.3 is 11.9 Å². The number of ether oxygens (including phenoxy) is 2. The fourth-order valence-electron chi connectivity index (χ4n) is 4.06. The number of nitrogens with zero attached hydrogens (tertiary/aromatic N) is 1. The lowest BCUT2D eigenvalue weighted by atomic mass is 9.95. The monoisotopic (exact) mass is 468 g/mol. The number of aliphatic hydroxyl groups is 1. The van der Waals surface area contributed by atoms with Crippen molar-refractivity contribution in [3.63, 3.8) is 0 Å². The first-order chi connectivity index (χ1) is 16.3. The maximum atomic E-state index is 12.7. The summed E-state index contributed by atoms with van der Waals surface area (Å²) >= 11 is 0. The molecule has 0 unspecified atom stereocenters. The van der Waals surface area contributed by atoms with Crippen molar-refractivity contribution in [2.24, 2.45) is 0 Å². The third-order valence-electron chi connectivity index (χ3n) is 6.17. The lowest BCUT2D eigenvalue weighted by Crippen LogP contribution is -2.37. The summed E-state index contributed by atoms with van der Waals surface area (Å²) < 4.78 is 10.1. The highest BCUT2D eigenvalue weighted by atomic mass is 16.5. The van der Waals surface area contributed by atoms with E-state index in [4.69, 9.17) is 9.47 Å². The van der Waals surface area contributed by atoms with Gasteiger partial charge in [0.25, 0.3) is 0 Å². The van der Waals surface area contributed by atoms with Gasteiger partial charge in [-0.1, -0.05) is 25.1 Å². The average molecular weight is 469 g/mol. The molecule has 0 saturated heterocycles. The van der Waals surface area contributed by atoms with Gasteiger partial charge in [-0.25, -0.2) is 9.59 Å². The Bertz CT molecular complexity index is 1040. The van der Waals surface area contributed by atoms with Crippen molar-refractivity contribution < 1.29 is 29.0 Å². The minimum Gasteiger partial charge on any atom is -0.458 e. The topological polar surface area (TPSA) is 105 Å². The second kappa shape index (κ2) is 11.9. The minimum absolute atomic E-state index is 0.0682. The number of hydrogen-bond acceptors (Lipinski definition) is 8. The molecule has 34 heavy (non-hydrogen) atoms. The number of carbonyl (C=O) groups is 3. The summed E-state index contributed by atoms with van der Waals surface area (Å²) in [6.07, 6.45) is 5.48. The third-order valence-corrected chi connectivity index (χ3v) is 6.17. The molecule has 2 heterocycles. The quantitative estimate of drug-likeness (QED) is 0.398. The van der Waals surface area contributed by atoms with Gasteiger partial charge in [-0.15, -0.1) is 0 Å². The molecule has 2 aliphatic rings. The Labute approximate surface area is 199 Å². The van der Waals surface area contributed by atoms with Crippen LogP contribution in [-0.4, -0.2) is 67.1 Å². The number of benzene rings is 1. The van der Waals surface area contributed by atoms with Crippen molar-refractivity contribution in [2.45, 2.75) is 33.5 Å². The molecule has 1 atom stereocenters. The van der Waals surface area contributed by atoms with Gasteiger partial charge in [0, 0.05) is 36.8 Å². The molecule has 0 saturated carbocycles. The van der Waals surface area contributed by atoms with Crippen molar-refractivity contribution in [2.75, 3.05) is 39.3 Å². The number of fused-ring (bicyclic) bond motifs is 1. The molecule has 0 fully saturated rings. The van der Waals surface area contributed by atoms with E-state index in [1.165, 1.54) is 12.2 Å². The number of likely N-dealkylation sites (N-methyl/N-ethyl adjacent to an activating group) is 1. The summed E-state index contributed by atoms with van der Waals surface area (Å²) in [4.78, 5) is 37.9. The molecule has 182 valence electrons. The highest BCUT2D eigenvalue weighted by Crippen LogP contribution is 2.29. The zero-order valence-electron chi connectivity index (χ0n) is 19.9. The number of ketones is 1. The van der Waals surface area contributed by atoms with E-state index in [9.17, 15) is 19.5 Å². The van der Waals surface area contributed by atoms with E-state index >= 15 is 0 Å². The Hall–Kier alpha value is -3.07. The maximum Gasteiger partial charge on any atom is 0.338 e. The summed E-state index contributed by atoms with van der Waals surface area (Å²) in [5.41, 5.74) is 4.41. The van der Waals surface area contributed by atoms with Gasteiger partial charge in [0.15, 0.2) is 5.78 Å². The Morgan fingerprint density at radius 2 is 2.03 bits per heavy atom. The van der Waals surface area contributed by atoms with Crippen molar-refractivity contribution in [3.05, 3.63) is 69.8 Å². The molecule has 3 rings (SSSR count). The molecule has 0 radical (unpaired) electrons. The molecular formula is C26H32N2O6. The number of esters is 2. The van der Waals surface area contributed by atoms with E-state index in [0.29, 0.717) is 30.8 Å². The molecule has 0 bridgehead atoms. The summed E-state index contributed by atoms with van der Waals surface area (Å²) in [6.45, 7) is 8.70. The number of aliphatic hydroxyl groups excluding tert-OH is 1. The molecule has 0 aromatic heterocycles. The number of carbonyl (C=O) groups excluding carboxylic acids is 3. The molecule has 0 spiro atoms. The standard InChI is InChI=1S/C26H32N2O6/c1-4-28(15-24(30)20-8-9-21-22(18(20)3)16-34-26(21)32)12-11-27-14-23(29)19-6-5-7-25(31)33-13-10-17(19)2/h5-10,24,27,30H,4,11-16H2,1-3H3/b7-5+,17-10+,19-6+/t24-/m1/s1. The molecule has 0 amide bonds. The largest absolute Gasteiger partial charge is 0.458 e. The average Bonchev–Trinajstić information content (AvgIpc) is 3.22. The van der Waals surface area contributed by atoms with Crippen LogP contribution >= 0.6 is 0 Å². The van der Waals surface area contributed by atoms with E-state index in [1.807, 2.05) is 20.8 Å². The van der Waals surface area contributed by atoms with Gasteiger partial charge in [0.1, 0.15) is 13.2 Å². The molecule has 8 nitrogen and oxygen atoms in total. The number of rotatable bonds is 10. The van der Waals surface area contributed by atoms with Crippen LogP contribution in [0.4, 0.5) is 0 Å². The first-order valence-electron chi connectivity index (χ1n) is 11.5. The van der Waals surface area contributed by atoms with E-state index in [-0.39, 0.29) is 31.5 Å². The van der Waals surface area contributed by atoms with Crippen LogP contribution in [0.5, 0.6) is 0 Å².